The van der Waals surface area contributed by atoms with Gasteiger partial charge in [-0.3, -0.25) is 4.98 Å². The van der Waals surface area contributed by atoms with Crippen molar-refractivity contribution in [2.75, 3.05) is 18.0 Å². The summed E-state index contributed by atoms with van der Waals surface area (Å²) in [6.07, 6.45) is 3.27. The van der Waals surface area contributed by atoms with Gasteiger partial charge in [-0.15, -0.1) is 0 Å². The summed E-state index contributed by atoms with van der Waals surface area (Å²) in [6.45, 7) is 5.91. The molecule has 4 nitrogen and oxygen atoms in total. The highest BCUT2D eigenvalue weighted by molar-refractivity contribution is 5.72. The van der Waals surface area contributed by atoms with Crippen LogP contribution in [0.5, 0.6) is 0 Å². The Morgan fingerprint density at radius 1 is 1.43 bits per heavy atom. The monoisotopic (exact) mass is 190 g/mol. The maximum absolute atomic E-state index is 5.53. The Morgan fingerprint density at radius 3 is 2.86 bits per heavy atom. The van der Waals surface area contributed by atoms with Gasteiger partial charge in [-0.1, -0.05) is 0 Å². The van der Waals surface area contributed by atoms with Crippen molar-refractivity contribution >= 4 is 17.1 Å². The highest BCUT2D eigenvalue weighted by atomic mass is 16.4. The van der Waals surface area contributed by atoms with Crippen LogP contribution in [0.4, 0.5) is 6.01 Å². The van der Waals surface area contributed by atoms with Crippen LogP contribution in [0.15, 0.2) is 16.8 Å². The standard InChI is InChI=1S/C10H12N3O/c1-3-13(4-2)10-12-8-7-11-6-5-9(8)14-10/h6-7H,3-4H2,1-2H3. The van der Waals surface area contributed by atoms with E-state index in [-0.39, 0.29) is 0 Å². The highest BCUT2D eigenvalue weighted by Gasteiger charge is 2.10. The summed E-state index contributed by atoms with van der Waals surface area (Å²) in [4.78, 5) is 10.3. The lowest BCUT2D eigenvalue weighted by molar-refractivity contribution is 0.575. The van der Waals surface area contributed by atoms with Gasteiger partial charge in [-0.25, -0.2) is 0 Å². The normalized spacial score (nSPS) is 10.7. The summed E-state index contributed by atoms with van der Waals surface area (Å²) in [5.41, 5.74) is 1.43. The molecule has 0 saturated heterocycles. The minimum absolute atomic E-state index is 0.647. The van der Waals surface area contributed by atoms with Gasteiger partial charge in [0, 0.05) is 19.3 Å². The SMILES string of the molecule is CCN(CC)c1nc2cnc[c]c2o1. The molecule has 0 aromatic carbocycles. The van der Waals surface area contributed by atoms with E-state index in [1.807, 2.05) is 4.90 Å². The Labute approximate surface area is 82.6 Å². The number of anilines is 1. The molecule has 2 rings (SSSR count). The molecule has 1 radical (unpaired) electrons. The number of aromatic nitrogens is 2. The van der Waals surface area contributed by atoms with Crippen LogP contribution in [-0.2, 0) is 0 Å². The second-order valence-corrected chi connectivity index (χ2v) is 2.93. The van der Waals surface area contributed by atoms with E-state index in [1.165, 1.54) is 0 Å². The van der Waals surface area contributed by atoms with Crippen LogP contribution in [0, 0.1) is 6.07 Å². The van der Waals surface area contributed by atoms with Crippen molar-refractivity contribution in [1.82, 2.24) is 9.97 Å². The van der Waals surface area contributed by atoms with Crippen molar-refractivity contribution in [2.24, 2.45) is 0 Å². The first-order valence-electron chi connectivity index (χ1n) is 4.72. The van der Waals surface area contributed by atoms with Crippen LogP contribution in [0.25, 0.3) is 11.1 Å². The summed E-state index contributed by atoms with van der Waals surface area (Å²) < 4.78 is 5.53. The molecular weight excluding hydrogens is 178 g/mol. The molecule has 0 unspecified atom stereocenters. The number of oxazole rings is 1. The lowest BCUT2D eigenvalue weighted by Gasteiger charge is -2.14. The quantitative estimate of drug-likeness (QED) is 0.741. The van der Waals surface area contributed by atoms with Crippen molar-refractivity contribution in [1.29, 1.82) is 0 Å². The third-order valence-corrected chi connectivity index (χ3v) is 2.14. The van der Waals surface area contributed by atoms with Crippen LogP contribution in [0.3, 0.4) is 0 Å². The Hall–Kier alpha value is -1.58. The van der Waals surface area contributed by atoms with Crippen LogP contribution in [0.1, 0.15) is 13.8 Å². The lowest BCUT2D eigenvalue weighted by atomic mass is 10.4. The Kier molecular flexibility index (Phi) is 2.35. The molecule has 0 fully saturated rings. The zero-order valence-corrected chi connectivity index (χ0v) is 8.32. The van der Waals surface area contributed by atoms with Crippen molar-refractivity contribution in [3.05, 3.63) is 18.5 Å². The van der Waals surface area contributed by atoms with E-state index in [9.17, 15) is 0 Å². The third-order valence-electron chi connectivity index (χ3n) is 2.14. The average molecular weight is 190 g/mol. The molecule has 2 aromatic heterocycles. The van der Waals surface area contributed by atoms with E-state index >= 15 is 0 Å². The number of rotatable bonds is 3. The predicted molar refractivity (Wildman–Crippen MR) is 54.2 cm³/mol. The van der Waals surface area contributed by atoms with Crippen molar-refractivity contribution in [2.45, 2.75) is 13.8 Å². The van der Waals surface area contributed by atoms with Crippen LogP contribution < -0.4 is 4.90 Å². The Morgan fingerprint density at radius 2 is 2.21 bits per heavy atom. The Balaban J connectivity index is 2.43. The largest absolute Gasteiger partial charge is 0.423 e. The lowest BCUT2D eigenvalue weighted by Crippen LogP contribution is -2.21. The molecule has 0 saturated carbocycles. The molecule has 73 valence electrons. The molecule has 2 aromatic rings. The molecule has 0 N–H and O–H groups in total. The molecule has 0 spiro atoms. The van der Waals surface area contributed by atoms with E-state index < -0.39 is 0 Å². The molecular formula is C10H12N3O. The van der Waals surface area contributed by atoms with Crippen LogP contribution in [0.2, 0.25) is 0 Å². The molecule has 0 bridgehead atoms. The second-order valence-electron chi connectivity index (χ2n) is 2.93. The van der Waals surface area contributed by atoms with E-state index in [1.54, 1.807) is 12.4 Å². The molecule has 0 aliphatic carbocycles. The number of nitrogens with zero attached hydrogens (tertiary/aromatic N) is 3. The predicted octanol–water partition coefficient (Wildman–Crippen LogP) is 1.87. The van der Waals surface area contributed by atoms with Gasteiger partial charge >= 0.3 is 0 Å². The minimum Gasteiger partial charge on any atom is -0.423 e. The first kappa shape index (κ1) is 8.99. The first-order valence-corrected chi connectivity index (χ1v) is 4.72. The van der Waals surface area contributed by atoms with Crippen molar-refractivity contribution in [3.8, 4) is 0 Å². The van der Waals surface area contributed by atoms with Gasteiger partial charge in [-0.2, -0.15) is 4.98 Å². The van der Waals surface area contributed by atoms with E-state index in [0.717, 1.165) is 18.6 Å². The fourth-order valence-electron chi connectivity index (χ4n) is 1.34. The first-order chi connectivity index (χ1) is 6.85. The molecule has 0 aliphatic heterocycles. The van der Waals surface area contributed by atoms with Crippen LogP contribution >= 0.6 is 0 Å². The number of hydrogen-bond donors (Lipinski definition) is 0. The van der Waals surface area contributed by atoms with Gasteiger partial charge in [0.25, 0.3) is 6.01 Å². The van der Waals surface area contributed by atoms with Gasteiger partial charge in [0.05, 0.1) is 12.3 Å². The summed E-state index contributed by atoms with van der Waals surface area (Å²) in [6, 6.07) is 3.55. The van der Waals surface area contributed by atoms with Gasteiger partial charge < -0.3 is 9.32 Å². The van der Waals surface area contributed by atoms with Crippen LogP contribution in [-0.4, -0.2) is 23.1 Å². The van der Waals surface area contributed by atoms with E-state index in [0.29, 0.717) is 11.6 Å². The number of fused-ring (bicyclic) bond motifs is 1. The van der Waals surface area contributed by atoms with E-state index in [2.05, 4.69) is 29.9 Å². The van der Waals surface area contributed by atoms with Crippen molar-refractivity contribution in [3.63, 3.8) is 0 Å². The maximum Gasteiger partial charge on any atom is 0.298 e. The van der Waals surface area contributed by atoms with Gasteiger partial charge in [0.1, 0.15) is 5.52 Å². The summed E-state index contributed by atoms with van der Waals surface area (Å²) in [5, 5.41) is 0. The highest BCUT2D eigenvalue weighted by Crippen LogP contribution is 2.19. The molecule has 0 amide bonds. The molecule has 4 heteroatoms. The fraction of sp³-hybridized carbons (Fsp3) is 0.400. The molecule has 2 heterocycles. The zero-order chi connectivity index (χ0) is 9.97. The number of pyridine rings is 1. The minimum atomic E-state index is 0.647. The molecule has 0 aliphatic rings. The van der Waals surface area contributed by atoms with Gasteiger partial charge in [0.15, 0.2) is 5.58 Å². The van der Waals surface area contributed by atoms with Gasteiger partial charge in [0.2, 0.25) is 0 Å². The average Bonchev–Trinajstić information content (AvgIpc) is 2.63. The van der Waals surface area contributed by atoms with Crippen molar-refractivity contribution < 1.29 is 4.42 Å². The Bertz CT molecular complexity index is 387. The summed E-state index contributed by atoms with van der Waals surface area (Å²) >= 11 is 0. The zero-order valence-electron chi connectivity index (χ0n) is 8.32. The molecule has 14 heavy (non-hydrogen) atoms. The fourth-order valence-corrected chi connectivity index (χ4v) is 1.34. The summed E-state index contributed by atoms with van der Waals surface area (Å²) in [5.74, 6) is 0. The maximum atomic E-state index is 5.53. The van der Waals surface area contributed by atoms with Gasteiger partial charge in [-0.05, 0) is 13.8 Å². The third kappa shape index (κ3) is 1.43. The van der Waals surface area contributed by atoms with E-state index in [4.69, 9.17) is 4.42 Å². The molecule has 0 atom stereocenters. The summed E-state index contributed by atoms with van der Waals surface area (Å²) in [7, 11) is 0. The second kappa shape index (κ2) is 3.65. The smallest absolute Gasteiger partial charge is 0.298 e. The topological polar surface area (TPSA) is 42.2 Å². The number of hydrogen-bond acceptors (Lipinski definition) is 4.